The van der Waals surface area contributed by atoms with Crippen LogP contribution in [0.15, 0.2) is 71.4 Å². The summed E-state index contributed by atoms with van der Waals surface area (Å²) in [4.78, 5) is 21.0. The predicted octanol–water partition coefficient (Wildman–Crippen LogP) is 6.15. The number of rotatable bonds is 4. The molecule has 0 bridgehead atoms. The Labute approximate surface area is 209 Å². The molecule has 0 radical (unpaired) electrons. The van der Waals surface area contributed by atoms with Gasteiger partial charge in [0, 0.05) is 34.5 Å². The molecule has 1 atom stereocenters. The van der Waals surface area contributed by atoms with E-state index in [0.29, 0.717) is 24.5 Å². The Hall–Kier alpha value is -3.69. The first-order valence-corrected chi connectivity index (χ1v) is 12.9. The molecule has 5 aromatic rings. The van der Waals surface area contributed by atoms with Gasteiger partial charge in [-0.2, -0.15) is 0 Å². The highest BCUT2D eigenvalue weighted by Crippen LogP contribution is 2.33. The van der Waals surface area contributed by atoms with Crippen LogP contribution in [0.2, 0.25) is 0 Å². The molecule has 0 N–H and O–H groups in total. The summed E-state index contributed by atoms with van der Waals surface area (Å²) in [6, 6.07) is 17.9. The van der Waals surface area contributed by atoms with Gasteiger partial charge in [-0.25, -0.2) is 9.37 Å². The van der Waals surface area contributed by atoms with Crippen LogP contribution >= 0.6 is 22.7 Å². The zero-order valence-corrected chi connectivity index (χ0v) is 20.4. The van der Waals surface area contributed by atoms with Gasteiger partial charge < -0.3 is 9.47 Å². The van der Waals surface area contributed by atoms with Crippen LogP contribution in [-0.2, 0) is 6.54 Å². The van der Waals surface area contributed by atoms with Crippen molar-refractivity contribution in [3.8, 4) is 32.5 Å². The Morgan fingerprint density at radius 3 is 2.49 bits per heavy atom. The number of hydrogen-bond donors (Lipinski definition) is 0. The number of benzene rings is 2. The lowest BCUT2D eigenvalue weighted by Gasteiger charge is -2.33. The van der Waals surface area contributed by atoms with Crippen molar-refractivity contribution >= 4 is 28.6 Å². The number of hydrogen-bond acceptors (Lipinski definition) is 6. The van der Waals surface area contributed by atoms with E-state index in [1.807, 2.05) is 57.5 Å². The number of amides is 1. The van der Waals surface area contributed by atoms with E-state index in [1.165, 1.54) is 28.3 Å². The summed E-state index contributed by atoms with van der Waals surface area (Å²) in [6.45, 7) is 3.12. The van der Waals surface area contributed by atoms with Gasteiger partial charge in [-0.05, 0) is 60.3 Å². The number of fused-ring (bicyclic) bond motifs is 1. The molecule has 9 heteroatoms. The van der Waals surface area contributed by atoms with Crippen molar-refractivity contribution in [1.29, 1.82) is 0 Å². The number of carbonyl (C=O) groups excluding carboxylic acids is 1. The standard InChI is InChI=1S/C26H20FN5OS2/c1-16-23-29-30-24(21-15-35-25(28-21)18-8-10-20(27)11-9-18)32(23)13-12-31(16)26(33)19-6-4-17(5-7-19)22-3-2-14-34-22/h2-11,14-16H,12-13H2,1H3/t16-/m1/s1. The first kappa shape index (κ1) is 21.8. The average molecular weight is 502 g/mol. The van der Waals surface area contributed by atoms with Crippen molar-refractivity contribution in [1.82, 2.24) is 24.6 Å². The summed E-state index contributed by atoms with van der Waals surface area (Å²) >= 11 is 3.16. The molecule has 4 heterocycles. The third kappa shape index (κ3) is 3.96. The van der Waals surface area contributed by atoms with Crippen LogP contribution in [0.1, 0.15) is 29.1 Å². The Balaban J connectivity index is 1.23. The smallest absolute Gasteiger partial charge is 0.254 e. The van der Waals surface area contributed by atoms with Crippen molar-refractivity contribution in [3.63, 3.8) is 0 Å². The molecule has 6 rings (SSSR count). The summed E-state index contributed by atoms with van der Waals surface area (Å²) in [5.41, 5.74) is 3.35. The van der Waals surface area contributed by atoms with Gasteiger partial charge in [0.2, 0.25) is 0 Å². The van der Waals surface area contributed by atoms with E-state index in [2.05, 4.69) is 16.3 Å². The molecule has 1 aliphatic rings. The lowest BCUT2D eigenvalue weighted by atomic mass is 10.1. The number of nitrogens with zero attached hydrogens (tertiary/aromatic N) is 5. The minimum atomic E-state index is -0.274. The monoisotopic (exact) mass is 501 g/mol. The van der Waals surface area contributed by atoms with E-state index in [4.69, 9.17) is 4.98 Å². The van der Waals surface area contributed by atoms with Gasteiger partial charge in [0.15, 0.2) is 11.6 Å². The summed E-state index contributed by atoms with van der Waals surface area (Å²) < 4.78 is 15.3. The molecule has 3 aromatic heterocycles. The van der Waals surface area contributed by atoms with Gasteiger partial charge in [-0.1, -0.05) is 18.2 Å². The molecule has 0 spiro atoms. The molecule has 0 aliphatic carbocycles. The van der Waals surface area contributed by atoms with Crippen LogP contribution in [0.5, 0.6) is 0 Å². The SMILES string of the molecule is C[C@@H]1c2nnc(-c3csc(-c4ccc(F)cc4)n3)n2CCN1C(=O)c1ccc(-c2cccs2)cc1. The van der Waals surface area contributed by atoms with Gasteiger partial charge in [0.25, 0.3) is 5.91 Å². The summed E-state index contributed by atoms with van der Waals surface area (Å²) in [5.74, 6) is 1.14. The van der Waals surface area contributed by atoms with Crippen molar-refractivity contribution in [2.75, 3.05) is 6.54 Å². The van der Waals surface area contributed by atoms with Crippen LogP contribution in [0.3, 0.4) is 0 Å². The van der Waals surface area contributed by atoms with Gasteiger partial charge in [0.05, 0.1) is 6.04 Å². The fraction of sp³-hybridized carbons (Fsp3) is 0.154. The second-order valence-electron chi connectivity index (χ2n) is 8.31. The van der Waals surface area contributed by atoms with E-state index < -0.39 is 0 Å². The fourth-order valence-corrected chi connectivity index (χ4v) is 5.88. The minimum Gasteiger partial charge on any atom is -0.327 e. The maximum Gasteiger partial charge on any atom is 0.254 e. The molecule has 0 unspecified atom stereocenters. The van der Waals surface area contributed by atoms with Crippen molar-refractivity contribution in [2.45, 2.75) is 19.5 Å². The van der Waals surface area contributed by atoms with Crippen LogP contribution in [0.25, 0.3) is 32.5 Å². The predicted molar refractivity (Wildman–Crippen MR) is 136 cm³/mol. The topological polar surface area (TPSA) is 63.9 Å². The van der Waals surface area contributed by atoms with Crippen LogP contribution in [0.4, 0.5) is 4.39 Å². The number of halogens is 1. The third-order valence-electron chi connectivity index (χ3n) is 6.21. The Kier molecular flexibility index (Phi) is 5.50. The van der Waals surface area contributed by atoms with E-state index in [9.17, 15) is 9.18 Å². The Morgan fingerprint density at radius 1 is 0.971 bits per heavy atom. The molecule has 0 saturated heterocycles. The molecule has 6 nitrogen and oxygen atoms in total. The maximum absolute atomic E-state index is 13.3. The second-order valence-corrected chi connectivity index (χ2v) is 10.1. The zero-order valence-electron chi connectivity index (χ0n) is 18.8. The first-order chi connectivity index (χ1) is 17.1. The van der Waals surface area contributed by atoms with Crippen molar-refractivity contribution in [2.24, 2.45) is 0 Å². The van der Waals surface area contributed by atoms with Gasteiger partial charge in [-0.15, -0.1) is 32.9 Å². The molecule has 1 amide bonds. The van der Waals surface area contributed by atoms with E-state index >= 15 is 0 Å². The number of thiazole rings is 1. The van der Waals surface area contributed by atoms with E-state index in [0.717, 1.165) is 27.7 Å². The van der Waals surface area contributed by atoms with E-state index in [1.54, 1.807) is 23.5 Å². The summed E-state index contributed by atoms with van der Waals surface area (Å²) in [7, 11) is 0. The van der Waals surface area contributed by atoms with Crippen LogP contribution in [0, 0.1) is 5.82 Å². The molecule has 1 aliphatic heterocycles. The molecule has 174 valence electrons. The highest BCUT2D eigenvalue weighted by Gasteiger charge is 2.32. The van der Waals surface area contributed by atoms with Gasteiger partial charge in [0.1, 0.15) is 16.5 Å². The maximum atomic E-state index is 13.3. The van der Waals surface area contributed by atoms with Crippen LogP contribution in [-0.4, -0.2) is 37.1 Å². The molecule has 0 fully saturated rings. The lowest BCUT2D eigenvalue weighted by molar-refractivity contribution is 0.0638. The summed E-state index contributed by atoms with van der Waals surface area (Å²) in [6.07, 6.45) is 0. The fourth-order valence-electron chi connectivity index (χ4n) is 4.34. The number of carbonyl (C=O) groups is 1. The lowest BCUT2D eigenvalue weighted by Crippen LogP contribution is -2.41. The third-order valence-corrected chi connectivity index (χ3v) is 8.02. The number of thiophene rings is 1. The zero-order chi connectivity index (χ0) is 23.9. The highest BCUT2D eigenvalue weighted by atomic mass is 32.1. The van der Waals surface area contributed by atoms with Crippen molar-refractivity contribution in [3.05, 3.63) is 88.6 Å². The molecule has 2 aromatic carbocycles. The van der Waals surface area contributed by atoms with E-state index in [-0.39, 0.29) is 17.8 Å². The van der Waals surface area contributed by atoms with Gasteiger partial charge in [-0.3, -0.25) is 4.79 Å². The summed E-state index contributed by atoms with van der Waals surface area (Å²) in [5, 5.41) is 13.6. The second kappa shape index (κ2) is 8.83. The Bertz CT molecular complexity index is 1490. The largest absolute Gasteiger partial charge is 0.327 e. The highest BCUT2D eigenvalue weighted by molar-refractivity contribution is 7.13. The van der Waals surface area contributed by atoms with Gasteiger partial charge >= 0.3 is 0 Å². The molecular formula is C26H20FN5OS2. The normalized spacial score (nSPS) is 15.3. The van der Waals surface area contributed by atoms with Crippen molar-refractivity contribution < 1.29 is 9.18 Å². The minimum absolute atomic E-state index is 0.0155. The first-order valence-electron chi connectivity index (χ1n) is 11.2. The van der Waals surface area contributed by atoms with Crippen LogP contribution < -0.4 is 0 Å². The Morgan fingerprint density at radius 2 is 1.74 bits per heavy atom. The quantitative estimate of drug-likeness (QED) is 0.296. The molecule has 0 saturated carbocycles. The average Bonchev–Trinajstić information content (AvgIpc) is 3.65. The molecule has 35 heavy (non-hydrogen) atoms. The molecular weight excluding hydrogens is 481 g/mol. The number of aromatic nitrogens is 4.